The van der Waals surface area contributed by atoms with Crippen molar-refractivity contribution in [1.82, 2.24) is 4.90 Å². The summed E-state index contributed by atoms with van der Waals surface area (Å²) in [7, 11) is -3.13. The van der Waals surface area contributed by atoms with Crippen molar-refractivity contribution in [3.63, 3.8) is 0 Å². The maximum atomic E-state index is 11.5. The van der Waals surface area contributed by atoms with Gasteiger partial charge in [-0.1, -0.05) is 18.6 Å². The highest BCUT2D eigenvalue weighted by Crippen LogP contribution is 2.29. The van der Waals surface area contributed by atoms with Gasteiger partial charge in [-0.3, -0.25) is 4.90 Å². The zero-order valence-corrected chi connectivity index (χ0v) is 13.9. The molecule has 0 aliphatic carbocycles. The average Bonchev–Trinajstić information content (AvgIpc) is 2.45. The molecule has 2 N–H and O–H groups in total. The van der Waals surface area contributed by atoms with Crippen molar-refractivity contribution in [3.05, 3.63) is 29.8 Å². The van der Waals surface area contributed by atoms with Gasteiger partial charge < -0.3 is 5.73 Å². The van der Waals surface area contributed by atoms with Gasteiger partial charge in [0.2, 0.25) is 0 Å². The molecule has 0 spiro atoms. The largest absolute Gasteiger partial charge is 0.327 e. The fourth-order valence-electron chi connectivity index (χ4n) is 3.21. The highest BCUT2D eigenvalue weighted by atomic mass is 32.2. The van der Waals surface area contributed by atoms with E-state index in [1.807, 2.05) is 12.1 Å². The maximum absolute atomic E-state index is 11.5. The van der Waals surface area contributed by atoms with E-state index in [0.29, 0.717) is 10.9 Å². The Morgan fingerprint density at radius 2 is 1.81 bits per heavy atom. The number of hydrogen-bond donors (Lipinski definition) is 1. The highest BCUT2D eigenvalue weighted by Gasteiger charge is 2.29. The number of rotatable bonds is 4. The van der Waals surface area contributed by atoms with Gasteiger partial charge in [0.05, 0.1) is 4.90 Å². The molecule has 118 valence electrons. The van der Waals surface area contributed by atoms with E-state index in [2.05, 4.69) is 18.7 Å². The average molecular weight is 310 g/mol. The van der Waals surface area contributed by atoms with Crippen LogP contribution in [0, 0.1) is 0 Å². The molecule has 1 saturated heterocycles. The zero-order valence-electron chi connectivity index (χ0n) is 13.1. The van der Waals surface area contributed by atoms with Crippen LogP contribution in [0.1, 0.15) is 44.7 Å². The Balaban J connectivity index is 2.20. The topological polar surface area (TPSA) is 63.4 Å². The van der Waals surface area contributed by atoms with Crippen LogP contribution in [-0.2, 0) is 9.84 Å². The predicted molar refractivity (Wildman–Crippen MR) is 86.0 cm³/mol. The van der Waals surface area contributed by atoms with Gasteiger partial charge in [-0.2, -0.15) is 0 Å². The Morgan fingerprint density at radius 1 is 1.19 bits per heavy atom. The minimum absolute atomic E-state index is 0.156. The fourth-order valence-corrected chi connectivity index (χ4v) is 3.84. The lowest BCUT2D eigenvalue weighted by atomic mass is 9.93. The summed E-state index contributed by atoms with van der Waals surface area (Å²) in [6.45, 7) is 5.31. The molecule has 1 aromatic carbocycles. The Morgan fingerprint density at radius 3 is 2.33 bits per heavy atom. The molecule has 0 bridgehead atoms. The smallest absolute Gasteiger partial charge is 0.175 e. The van der Waals surface area contributed by atoms with Gasteiger partial charge in [-0.15, -0.1) is 0 Å². The number of piperidine rings is 1. The summed E-state index contributed by atoms with van der Waals surface area (Å²) in [5.41, 5.74) is 7.28. The summed E-state index contributed by atoms with van der Waals surface area (Å²) < 4.78 is 23.1. The van der Waals surface area contributed by atoms with E-state index in [1.165, 1.54) is 19.1 Å². The van der Waals surface area contributed by atoms with Gasteiger partial charge in [0, 0.05) is 24.4 Å². The van der Waals surface area contributed by atoms with Crippen molar-refractivity contribution in [2.75, 3.05) is 12.8 Å². The van der Waals surface area contributed by atoms with Crippen LogP contribution >= 0.6 is 0 Å². The molecule has 1 aliphatic rings. The van der Waals surface area contributed by atoms with Crippen LogP contribution < -0.4 is 5.73 Å². The zero-order chi connectivity index (χ0) is 15.6. The molecule has 0 radical (unpaired) electrons. The van der Waals surface area contributed by atoms with Crippen LogP contribution in [0.25, 0.3) is 0 Å². The third-order valence-corrected chi connectivity index (χ3v) is 5.62. The first-order valence-electron chi connectivity index (χ1n) is 7.62. The van der Waals surface area contributed by atoms with E-state index >= 15 is 0 Å². The minimum atomic E-state index is -3.13. The first kappa shape index (κ1) is 16.5. The highest BCUT2D eigenvalue weighted by molar-refractivity contribution is 7.90. The number of sulfone groups is 1. The van der Waals surface area contributed by atoms with Crippen LogP contribution in [-0.4, -0.2) is 38.2 Å². The molecule has 2 rings (SSSR count). The molecule has 4 nitrogen and oxygen atoms in total. The Hall–Kier alpha value is -0.910. The van der Waals surface area contributed by atoms with Gasteiger partial charge in [0.25, 0.3) is 0 Å². The summed E-state index contributed by atoms with van der Waals surface area (Å²) in [4.78, 5) is 2.84. The van der Waals surface area contributed by atoms with Crippen LogP contribution in [0.4, 0.5) is 0 Å². The Kier molecular flexibility index (Phi) is 5.07. The van der Waals surface area contributed by atoms with E-state index in [-0.39, 0.29) is 12.1 Å². The quantitative estimate of drug-likeness (QED) is 0.927. The number of nitrogens with two attached hydrogens (primary N) is 1. The predicted octanol–water partition coefficient (Wildman–Crippen LogP) is 2.35. The van der Waals surface area contributed by atoms with E-state index in [0.717, 1.165) is 18.5 Å². The molecule has 0 saturated carbocycles. The molecule has 21 heavy (non-hydrogen) atoms. The van der Waals surface area contributed by atoms with Gasteiger partial charge in [0.15, 0.2) is 9.84 Å². The van der Waals surface area contributed by atoms with E-state index in [4.69, 9.17) is 5.73 Å². The first-order chi connectivity index (χ1) is 9.80. The lowest BCUT2D eigenvalue weighted by Gasteiger charge is -2.42. The van der Waals surface area contributed by atoms with Crippen LogP contribution in [0.15, 0.2) is 29.2 Å². The molecule has 5 heteroatoms. The second kappa shape index (κ2) is 6.46. The van der Waals surface area contributed by atoms with Crippen LogP contribution in [0.2, 0.25) is 0 Å². The second-order valence-corrected chi connectivity index (χ2v) is 8.19. The molecule has 1 fully saturated rings. The number of hydrogen-bond acceptors (Lipinski definition) is 4. The third-order valence-electron chi connectivity index (χ3n) is 4.49. The standard InChI is InChI=1S/C16H26N2O2S/c1-12(17)16-6-4-5-11-18(16)13(2)14-7-9-15(10-8-14)21(3,19)20/h7-10,12-13,16H,4-6,11,17H2,1-3H3. The summed E-state index contributed by atoms with van der Waals surface area (Å²) in [6.07, 6.45) is 4.82. The Bertz CT molecular complexity index is 566. The summed E-state index contributed by atoms with van der Waals surface area (Å²) >= 11 is 0. The van der Waals surface area contributed by atoms with Gasteiger partial charge in [0.1, 0.15) is 0 Å². The van der Waals surface area contributed by atoms with Crippen LogP contribution in [0.3, 0.4) is 0 Å². The third kappa shape index (κ3) is 3.84. The van der Waals surface area contributed by atoms with E-state index in [9.17, 15) is 8.42 Å². The Labute approximate surface area is 128 Å². The summed E-state index contributed by atoms with van der Waals surface area (Å²) in [5.74, 6) is 0. The molecule has 1 heterocycles. The summed E-state index contributed by atoms with van der Waals surface area (Å²) in [5, 5.41) is 0. The van der Waals surface area contributed by atoms with Crippen molar-refractivity contribution in [2.24, 2.45) is 5.73 Å². The van der Waals surface area contributed by atoms with Gasteiger partial charge in [-0.05, 0) is 50.9 Å². The minimum Gasteiger partial charge on any atom is -0.327 e. The van der Waals surface area contributed by atoms with Crippen LogP contribution in [0.5, 0.6) is 0 Å². The van der Waals surface area contributed by atoms with Crippen molar-refractivity contribution in [2.45, 2.75) is 56.1 Å². The van der Waals surface area contributed by atoms with Crippen molar-refractivity contribution < 1.29 is 8.42 Å². The number of nitrogens with zero attached hydrogens (tertiary/aromatic N) is 1. The lowest BCUT2D eigenvalue weighted by Crippen LogP contribution is -2.49. The molecule has 0 aromatic heterocycles. The molecule has 3 unspecified atom stereocenters. The molecular formula is C16H26N2O2S. The normalized spacial score (nSPS) is 23.7. The number of benzene rings is 1. The molecule has 1 aromatic rings. The van der Waals surface area contributed by atoms with Crippen molar-refractivity contribution in [3.8, 4) is 0 Å². The molecule has 0 amide bonds. The SMILES string of the molecule is CC(N)C1CCCCN1C(C)c1ccc(S(C)(=O)=O)cc1. The monoisotopic (exact) mass is 310 g/mol. The van der Waals surface area contributed by atoms with E-state index in [1.54, 1.807) is 12.1 Å². The van der Waals surface area contributed by atoms with Gasteiger partial charge in [-0.25, -0.2) is 8.42 Å². The first-order valence-corrected chi connectivity index (χ1v) is 9.51. The molecule has 1 aliphatic heterocycles. The van der Waals surface area contributed by atoms with Crippen molar-refractivity contribution in [1.29, 1.82) is 0 Å². The van der Waals surface area contributed by atoms with Gasteiger partial charge >= 0.3 is 0 Å². The van der Waals surface area contributed by atoms with Crippen molar-refractivity contribution >= 4 is 9.84 Å². The summed E-state index contributed by atoms with van der Waals surface area (Å²) in [6, 6.07) is 8.07. The second-order valence-electron chi connectivity index (χ2n) is 6.18. The lowest BCUT2D eigenvalue weighted by molar-refractivity contribution is 0.0890. The molecular weight excluding hydrogens is 284 g/mol. The molecule has 3 atom stereocenters. The maximum Gasteiger partial charge on any atom is 0.175 e. The number of likely N-dealkylation sites (tertiary alicyclic amines) is 1. The van der Waals surface area contributed by atoms with E-state index < -0.39 is 9.84 Å². The fraction of sp³-hybridized carbons (Fsp3) is 0.625.